The molecule has 2 N–H and O–H groups in total. The van der Waals surface area contributed by atoms with E-state index >= 15 is 0 Å². The first-order valence-corrected chi connectivity index (χ1v) is 11.0. The molecule has 0 saturated carbocycles. The molecule has 0 bridgehead atoms. The molecule has 3 rings (SSSR count). The van der Waals surface area contributed by atoms with Crippen molar-refractivity contribution in [3.8, 4) is 5.75 Å². The van der Waals surface area contributed by atoms with E-state index in [1.165, 1.54) is 0 Å². The van der Waals surface area contributed by atoms with E-state index in [0.717, 1.165) is 41.6 Å². The number of benzene rings is 2. The summed E-state index contributed by atoms with van der Waals surface area (Å²) in [5.41, 5.74) is 2.49. The second-order valence-corrected chi connectivity index (χ2v) is 9.06. The first-order valence-electron chi connectivity index (χ1n) is 9.65. The van der Waals surface area contributed by atoms with Crippen molar-refractivity contribution in [2.75, 3.05) is 20.2 Å². The van der Waals surface area contributed by atoms with Gasteiger partial charge in [0, 0.05) is 45.3 Å². The number of amides is 1. The minimum Gasteiger partial charge on any atom is -0.492 e. The number of hydrogen-bond donors (Lipinski definition) is 2. The molecule has 1 atom stereocenters. The molecule has 1 amide bonds. The third kappa shape index (κ3) is 6.10. The van der Waals surface area contributed by atoms with Crippen LogP contribution < -0.4 is 10.1 Å². The number of nitrogens with zero attached hydrogens (tertiary/aromatic N) is 1. The first kappa shape index (κ1) is 21.9. The van der Waals surface area contributed by atoms with Gasteiger partial charge in [-0.1, -0.05) is 37.1 Å². The van der Waals surface area contributed by atoms with E-state index in [2.05, 4.69) is 43.2 Å². The number of halogens is 2. The van der Waals surface area contributed by atoms with Gasteiger partial charge in [-0.25, -0.2) is 3.11 Å². The number of aromatic amines is 1. The Bertz CT molecular complexity index is 956. The predicted octanol–water partition coefficient (Wildman–Crippen LogP) is 5.75. The average Bonchev–Trinajstić information content (AvgIpc) is 3.11. The van der Waals surface area contributed by atoms with E-state index in [9.17, 15) is 4.79 Å². The van der Waals surface area contributed by atoms with Crippen molar-refractivity contribution in [2.45, 2.75) is 25.8 Å². The van der Waals surface area contributed by atoms with E-state index < -0.39 is 0 Å². The molecule has 1 heterocycles. The van der Waals surface area contributed by atoms with Gasteiger partial charge >= 0.3 is 0 Å². The molecule has 5 nitrogen and oxygen atoms in total. The van der Waals surface area contributed by atoms with Gasteiger partial charge in [-0.05, 0) is 55.4 Å². The van der Waals surface area contributed by atoms with E-state index in [1.54, 1.807) is 0 Å². The molecule has 29 heavy (non-hydrogen) atoms. The molecule has 0 spiro atoms. The number of ether oxygens (including phenoxy) is 1. The van der Waals surface area contributed by atoms with Gasteiger partial charge in [0.2, 0.25) is 0 Å². The highest BCUT2D eigenvalue weighted by Gasteiger charge is 2.17. The molecule has 154 valence electrons. The molecule has 2 aromatic carbocycles. The van der Waals surface area contributed by atoms with Crippen LogP contribution in [0.1, 0.15) is 41.9 Å². The number of fused-ring (bicyclic) bond motifs is 1. The summed E-state index contributed by atoms with van der Waals surface area (Å²) in [6.07, 6.45) is 1.82. The Morgan fingerprint density at radius 2 is 2.00 bits per heavy atom. The molecular formula is C22H25ClIN3O2. The van der Waals surface area contributed by atoms with E-state index in [1.807, 2.05) is 55.6 Å². The molecule has 7 heteroatoms. The van der Waals surface area contributed by atoms with Gasteiger partial charge < -0.3 is 15.0 Å². The van der Waals surface area contributed by atoms with Crippen LogP contribution in [0.3, 0.4) is 0 Å². The third-order valence-corrected chi connectivity index (χ3v) is 5.38. The summed E-state index contributed by atoms with van der Waals surface area (Å²) in [5, 5.41) is 4.73. The van der Waals surface area contributed by atoms with Crippen molar-refractivity contribution < 1.29 is 9.53 Å². The molecule has 0 radical (unpaired) electrons. The Balaban J connectivity index is 1.69. The van der Waals surface area contributed by atoms with Crippen molar-refractivity contribution in [3.05, 3.63) is 64.8 Å². The molecule has 3 aromatic rings. The fourth-order valence-electron chi connectivity index (χ4n) is 3.16. The van der Waals surface area contributed by atoms with Gasteiger partial charge in [-0.2, -0.15) is 0 Å². The van der Waals surface area contributed by atoms with Crippen LogP contribution in [-0.2, 0) is 0 Å². The van der Waals surface area contributed by atoms with Crippen molar-refractivity contribution in [1.82, 2.24) is 13.4 Å². The Hall–Kier alpha value is -1.77. The molecular weight excluding hydrogens is 501 g/mol. The van der Waals surface area contributed by atoms with Crippen LogP contribution in [0.15, 0.2) is 48.5 Å². The number of aromatic nitrogens is 1. The van der Waals surface area contributed by atoms with Crippen molar-refractivity contribution in [2.24, 2.45) is 0 Å². The monoisotopic (exact) mass is 525 g/mol. The lowest BCUT2D eigenvalue weighted by Crippen LogP contribution is -2.28. The van der Waals surface area contributed by atoms with Crippen LogP contribution in [0.25, 0.3) is 10.9 Å². The summed E-state index contributed by atoms with van der Waals surface area (Å²) in [4.78, 5) is 16.0. The highest BCUT2D eigenvalue weighted by atomic mass is 127. The third-order valence-electron chi connectivity index (χ3n) is 4.66. The van der Waals surface area contributed by atoms with Crippen molar-refractivity contribution in [1.29, 1.82) is 0 Å². The lowest BCUT2D eigenvalue weighted by Gasteiger charge is -2.19. The summed E-state index contributed by atoms with van der Waals surface area (Å²) >= 11 is 8.28. The van der Waals surface area contributed by atoms with E-state index in [4.69, 9.17) is 16.3 Å². The van der Waals surface area contributed by atoms with Gasteiger partial charge in [-0.3, -0.25) is 4.79 Å². The Labute approximate surface area is 190 Å². The molecule has 0 aliphatic rings. The number of hydrogen-bond acceptors (Lipinski definition) is 3. The Morgan fingerprint density at radius 1 is 1.24 bits per heavy atom. The minimum absolute atomic E-state index is 0.0583. The van der Waals surface area contributed by atoms with Crippen molar-refractivity contribution in [3.63, 3.8) is 0 Å². The number of likely N-dealkylation sites (N-methyl/N-ethyl adjacent to an activating group) is 1. The quantitative estimate of drug-likeness (QED) is 0.276. The summed E-state index contributed by atoms with van der Waals surface area (Å²) < 4.78 is 7.81. The molecule has 0 aliphatic carbocycles. The largest absolute Gasteiger partial charge is 0.492 e. The Kier molecular flexibility index (Phi) is 7.80. The zero-order chi connectivity index (χ0) is 20.8. The lowest BCUT2D eigenvalue weighted by molar-refractivity contribution is 0.0930. The second-order valence-electron chi connectivity index (χ2n) is 6.98. The molecule has 0 aliphatic heterocycles. The van der Waals surface area contributed by atoms with E-state index in [-0.39, 0.29) is 11.9 Å². The van der Waals surface area contributed by atoms with Gasteiger partial charge in [0.1, 0.15) is 18.1 Å². The predicted molar refractivity (Wildman–Crippen MR) is 127 cm³/mol. The highest BCUT2D eigenvalue weighted by molar-refractivity contribution is 14.1. The smallest absolute Gasteiger partial charge is 0.268 e. The van der Waals surface area contributed by atoms with Crippen molar-refractivity contribution >= 4 is 51.3 Å². The van der Waals surface area contributed by atoms with Crippen LogP contribution in [0.2, 0.25) is 5.02 Å². The molecule has 1 unspecified atom stereocenters. The highest BCUT2D eigenvalue weighted by Crippen LogP contribution is 2.24. The van der Waals surface area contributed by atoms with Crippen LogP contribution in [0, 0.1) is 0 Å². The minimum atomic E-state index is -0.124. The molecule has 0 fully saturated rings. The number of rotatable bonds is 9. The summed E-state index contributed by atoms with van der Waals surface area (Å²) in [7, 11) is 2.01. The number of nitrogens with one attached hydrogen (secondary N) is 2. The van der Waals surface area contributed by atoms with Gasteiger partial charge in [0.25, 0.3) is 5.91 Å². The topological polar surface area (TPSA) is 57.4 Å². The number of carbonyl (C=O) groups excluding carboxylic acids is 1. The van der Waals surface area contributed by atoms with E-state index in [0.29, 0.717) is 17.3 Å². The average molecular weight is 526 g/mol. The summed E-state index contributed by atoms with van der Waals surface area (Å²) in [6, 6.07) is 15.3. The zero-order valence-electron chi connectivity index (χ0n) is 16.5. The van der Waals surface area contributed by atoms with Crippen LogP contribution in [0.4, 0.5) is 0 Å². The number of carbonyl (C=O) groups is 1. The van der Waals surface area contributed by atoms with Crippen LogP contribution in [-0.4, -0.2) is 34.2 Å². The maximum Gasteiger partial charge on any atom is 0.268 e. The maximum atomic E-state index is 12.8. The Morgan fingerprint density at radius 3 is 2.69 bits per heavy atom. The standard InChI is InChI=1S/C22H25ClIN3O2/c1-3-4-19(15-5-8-18(9-6-15)29-12-11-27(2)24)26-22(28)21-14-16-13-17(23)7-10-20(16)25-21/h5-10,13-14,19,25H,3-4,11-12H2,1-2H3,(H,26,28). The van der Waals surface area contributed by atoms with Gasteiger partial charge in [-0.15, -0.1) is 0 Å². The second kappa shape index (κ2) is 10.3. The maximum absolute atomic E-state index is 12.8. The molecule has 0 saturated heterocycles. The summed E-state index contributed by atoms with van der Waals surface area (Å²) in [5.74, 6) is 0.710. The SMILES string of the molecule is CCCC(NC(=O)c1cc2cc(Cl)ccc2[nH]1)c1ccc(OCCN(C)I)cc1. The molecule has 1 aromatic heterocycles. The fourth-order valence-corrected chi connectivity index (χ4v) is 3.54. The van der Waals surface area contributed by atoms with Gasteiger partial charge in [0.05, 0.1) is 6.04 Å². The summed E-state index contributed by atoms with van der Waals surface area (Å²) in [6.45, 7) is 3.60. The normalized spacial score (nSPS) is 12.3. The van der Waals surface area contributed by atoms with Crippen LogP contribution >= 0.6 is 34.5 Å². The number of H-pyrrole nitrogens is 1. The first-order chi connectivity index (χ1) is 14.0. The van der Waals surface area contributed by atoms with Gasteiger partial charge in [0.15, 0.2) is 0 Å². The lowest BCUT2D eigenvalue weighted by atomic mass is 10.0. The zero-order valence-corrected chi connectivity index (χ0v) is 19.5. The fraction of sp³-hybridized carbons (Fsp3) is 0.318. The van der Waals surface area contributed by atoms with Crippen LogP contribution in [0.5, 0.6) is 5.75 Å².